The number of carbonyl (C=O) groups excluding carboxylic acids is 1. The van der Waals surface area contributed by atoms with Crippen molar-refractivity contribution in [3.63, 3.8) is 0 Å². The van der Waals surface area contributed by atoms with Crippen LogP contribution >= 0.6 is 12.2 Å². The lowest BCUT2D eigenvalue weighted by molar-refractivity contribution is 0.0958. The monoisotopic (exact) mass is 417 g/mol. The molecule has 1 heterocycles. The zero-order valence-corrected chi connectivity index (χ0v) is 17.2. The van der Waals surface area contributed by atoms with Crippen molar-refractivity contribution >= 4 is 34.6 Å². The average Bonchev–Trinajstić information content (AvgIpc) is 2.75. The highest BCUT2D eigenvalue weighted by Crippen LogP contribution is 2.26. The number of amides is 1. The smallest absolute Gasteiger partial charge is 0.269 e. The third kappa shape index (κ3) is 5.31. The van der Waals surface area contributed by atoms with E-state index < -0.39 is 0 Å². The van der Waals surface area contributed by atoms with E-state index in [4.69, 9.17) is 22.2 Å². The van der Waals surface area contributed by atoms with Gasteiger partial charge in [0.15, 0.2) is 5.11 Å². The maximum absolute atomic E-state index is 11.7. The topological polar surface area (TPSA) is 99.1 Å². The summed E-state index contributed by atoms with van der Waals surface area (Å²) < 4.78 is 5.85. The summed E-state index contributed by atoms with van der Waals surface area (Å²) in [5.41, 5.74) is 3.30. The number of carbonyl (C=O) groups is 1. The number of benzene rings is 2. The van der Waals surface area contributed by atoms with Crippen LogP contribution in [0.15, 0.2) is 60.8 Å². The molecule has 3 N–H and O–H groups in total. The average molecular weight is 417 g/mol. The summed E-state index contributed by atoms with van der Waals surface area (Å²) in [6.07, 6.45) is 1.52. The van der Waals surface area contributed by atoms with E-state index in [0.29, 0.717) is 22.2 Å². The molecule has 150 valence electrons. The Morgan fingerprint density at radius 1 is 1.10 bits per heavy atom. The van der Waals surface area contributed by atoms with Gasteiger partial charge in [0.1, 0.15) is 17.2 Å². The van der Waals surface area contributed by atoms with Crippen molar-refractivity contribution in [1.82, 2.24) is 10.3 Å². The van der Waals surface area contributed by atoms with E-state index in [9.17, 15) is 4.79 Å². The van der Waals surface area contributed by atoms with Gasteiger partial charge in [0.25, 0.3) is 5.91 Å². The number of nitrogens with one attached hydrogen (secondary N) is 3. The van der Waals surface area contributed by atoms with Crippen molar-refractivity contribution in [2.24, 2.45) is 0 Å². The molecular formula is C22H19N5O2S. The molecule has 3 rings (SSSR count). The van der Waals surface area contributed by atoms with Crippen LogP contribution in [0.2, 0.25) is 0 Å². The van der Waals surface area contributed by atoms with E-state index in [2.05, 4.69) is 27.0 Å². The lowest BCUT2D eigenvalue weighted by Gasteiger charge is -2.14. The van der Waals surface area contributed by atoms with Crippen LogP contribution in [0.25, 0.3) is 0 Å². The van der Waals surface area contributed by atoms with Gasteiger partial charge in [-0.2, -0.15) is 5.26 Å². The van der Waals surface area contributed by atoms with Crippen LogP contribution in [0, 0.1) is 18.3 Å². The van der Waals surface area contributed by atoms with Gasteiger partial charge in [-0.25, -0.2) is 0 Å². The van der Waals surface area contributed by atoms with Crippen molar-refractivity contribution in [1.29, 1.82) is 5.26 Å². The molecule has 0 bridgehead atoms. The molecule has 0 unspecified atom stereocenters. The lowest BCUT2D eigenvalue weighted by Crippen LogP contribution is -2.19. The number of aromatic nitrogens is 1. The second kappa shape index (κ2) is 9.49. The van der Waals surface area contributed by atoms with Crippen molar-refractivity contribution < 1.29 is 9.53 Å². The normalized spacial score (nSPS) is 9.90. The van der Waals surface area contributed by atoms with Gasteiger partial charge in [-0.05, 0) is 67.2 Å². The van der Waals surface area contributed by atoms with Crippen molar-refractivity contribution in [3.8, 4) is 17.6 Å². The molecule has 0 spiro atoms. The summed E-state index contributed by atoms with van der Waals surface area (Å²) >= 11 is 5.36. The number of pyridine rings is 1. The molecular weight excluding hydrogens is 398 g/mol. The number of rotatable bonds is 5. The van der Waals surface area contributed by atoms with Crippen molar-refractivity contribution in [3.05, 3.63) is 77.6 Å². The molecule has 2 aromatic carbocycles. The van der Waals surface area contributed by atoms with E-state index >= 15 is 0 Å². The lowest BCUT2D eigenvalue weighted by atomic mass is 10.2. The zero-order chi connectivity index (χ0) is 21.5. The Morgan fingerprint density at radius 2 is 1.90 bits per heavy atom. The third-order valence-corrected chi connectivity index (χ3v) is 4.33. The summed E-state index contributed by atoms with van der Waals surface area (Å²) in [5, 5.41) is 18.1. The summed E-state index contributed by atoms with van der Waals surface area (Å²) in [6.45, 7) is 1.93. The van der Waals surface area contributed by atoms with Crippen LogP contribution in [-0.4, -0.2) is 23.1 Å². The molecule has 0 aliphatic heterocycles. The van der Waals surface area contributed by atoms with Crippen LogP contribution in [0.3, 0.4) is 0 Å². The second-order valence-electron chi connectivity index (χ2n) is 6.31. The van der Waals surface area contributed by atoms with Gasteiger partial charge >= 0.3 is 0 Å². The quantitative estimate of drug-likeness (QED) is 0.535. The SMILES string of the molecule is CNC(=O)c1cc(Oc2ccc(NC(=S)Nc3cccc(C#N)c3)c(C)c2)ccn1. The fourth-order valence-electron chi connectivity index (χ4n) is 2.65. The molecule has 0 saturated carbocycles. The first-order valence-corrected chi connectivity index (χ1v) is 9.44. The molecule has 0 fully saturated rings. The minimum Gasteiger partial charge on any atom is -0.457 e. The number of hydrogen-bond donors (Lipinski definition) is 3. The molecule has 0 aliphatic carbocycles. The highest BCUT2D eigenvalue weighted by Gasteiger charge is 2.08. The summed E-state index contributed by atoms with van der Waals surface area (Å²) in [5.74, 6) is 0.850. The number of nitriles is 1. The molecule has 30 heavy (non-hydrogen) atoms. The second-order valence-corrected chi connectivity index (χ2v) is 6.71. The van der Waals surface area contributed by atoms with Crippen molar-refractivity contribution in [2.45, 2.75) is 6.92 Å². The van der Waals surface area contributed by atoms with Crippen LogP contribution < -0.4 is 20.7 Å². The molecule has 8 heteroatoms. The molecule has 0 aliphatic rings. The van der Waals surface area contributed by atoms with E-state index in [1.807, 2.05) is 25.1 Å². The predicted molar refractivity (Wildman–Crippen MR) is 120 cm³/mol. The van der Waals surface area contributed by atoms with Crippen LogP contribution in [0.1, 0.15) is 21.6 Å². The van der Waals surface area contributed by atoms with Gasteiger partial charge in [-0.15, -0.1) is 0 Å². The van der Waals surface area contributed by atoms with Gasteiger partial charge in [0, 0.05) is 30.7 Å². The largest absolute Gasteiger partial charge is 0.457 e. The van der Waals surface area contributed by atoms with E-state index in [1.54, 1.807) is 43.4 Å². The van der Waals surface area contributed by atoms with Gasteiger partial charge in [-0.3, -0.25) is 9.78 Å². The summed E-state index contributed by atoms with van der Waals surface area (Å²) in [6, 6.07) is 17.9. The van der Waals surface area contributed by atoms with Gasteiger partial charge < -0.3 is 20.7 Å². The van der Waals surface area contributed by atoms with Gasteiger partial charge in [-0.1, -0.05) is 6.07 Å². The fraction of sp³-hybridized carbons (Fsp3) is 0.0909. The molecule has 0 atom stereocenters. The van der Waals surface area contributed by atoms with Gasteiger partial charge in [0.05, 0.1) is 11.6 Å². The number of thiocarbonyl (C=S) groups is 1. The molecule has 7 nitrogen and oxygen atoms in total. The zero-order valence-electron chi connectivity index (χ0n) is 16.4. The fourth-order valence-corrected chi connectivity index (χ4v) is 2.88. The Kier molecular flexibility index (Phi) is 6.57. The number of hydrogen-bond acceptors (Lipinski definition) is 5. The van der Waals surface area contributed by atoms with E-state index in [1.165, 1.54) is 6.20 Å². The number of nitrogens with zero attached hydrogens (tertiary/aromatic N) is 2. The minimum atomic E-state index is -0.280. The first kappa shape index (κ1) is 20.8. The molecule has 0 radical (unpaired) electrons. The summed E-state index contributed by atoms with van der Waals surface area (Å²) in [7, 11) is 1.55. The maximum atomic E-state index is 11.7. The Morgan fingerprint density at radius 3 is 2.63 bits per heavy atom. The Labute approximate surface area is 179 Å². The Hall–Kier alpha value is -3.96. The van der Waals surface area contributed by atoms with E-state index in [-0.39, 0.29) is 11.6 Å². The third-order valence-electron chi connectivity index (χ3n) is 4.12. The highest BCUT2D eigenvalue weighted by molar-refractivity contribution is 7.80. The maximum Gasteiger partial charge on any atom is 0.269 e. The standard InChI is InChI=1S/C22H19N5O2S/c1-14-10-17(29-18-8-9-25-20(12-18)21(28)24-2)6-7-19(14)27-22(30)26-16-5-3-4-15(11-16)13-23/h3-12H,1-2H3,(H,24,28)(H2,26,27,30). The van der Waals surface area contributed by atoms with E-state index in [0.717, 1.165) is 16.9 Å². The van der Waals surface area contributed by atoms with Crippen LogP contribution in [-0.2, 0) is 0 Å². The summed E-state index contributed by atoms with van der Waals surface area (Å²) in [4.78, 5) is 15.7. The van der Waals surface area contributed by atoms with Crippen molar-refractivity contribution in [2.75, 3.05) is 17.7 Å². The highest BCUT2D eigenvalue weighted by atomic mass is 32.1. The number of anilines is 2. The molecule has 1 aromatic heterocycles. The Bertz CT molecular complexity index is 1140. The predicted octanol–water partition coefficient (Wildman–Crippen LogP) is 4.22. The van der Waals surface area contributed by atoms with Crippen LogP contribution in [0.5, 0.6) is 11.5 Å². The molecule has 0 saturated heterocycles. The molecule has 3 aromatic rings. The Balaban J connectivity index is 1.67. The minimum absolute atomic E-state index is 0.280. The van der Waals surface area contributed by atoms with Gasteiger partial charge in [0.2, 0.25) is 0 Å². The number of aryl methyl sites for hydroxylation is 1. The van der Waals surface area contributed by atoms with Crippen LogP contribution in [0.4, 0.5) is 11.4 Å². The first-order chi connectivity index (χ1) is 14.5. The number of ether oxygens (including phenoxy) is 1. The first-order valence-electron chi connectivity index (χ1n) is 9.03. The molecule has 1 amide bonds.